The van der Waals surface area contributed by atoms with Gasteiger partial charge in [0.15, 0.2) is 24.0 Å². The van der Waals surface area contributed by atoms with Gasteiger partial charge >= 0.3 is 5.97 Å². The van der Waals surface area contributed by atoms with Gasteiger partial charge in [-0.2, -0.15) is 9.49 Å². The molecule has 41 heavy (non-hydrogen) atoms. The molecular formula is C26H27F2N8O4S+. The van der Waals surface area contributed by atoms with Crippen LogP contribution in [0.1, 0.15) is 48.8 Å². The van der Waals surface area contributed by atoms with Gasteiger partial charge in [0.1, 0.15) is 22.1 Å². The molecule has 0 aromatic carbocycles. The molecule has 3 N–H and O–H groups in total. The molecule has 4 heterocycles. The number of halogens is 2. The molecule has 3 aromatic heterocycles. The molecule has 0 atom stereocenters. The number of thiazole rings is 1. The minimum atomic E-state index is -0.874. The quantitative estimate of drug-likeness (QED) is 0.221. The second-order valence-corrected chi connectivity index (χ2v) is 9.99. The van der Waals surface area contributed by atoms with Gasteiger partial charge in [0.25, 0.3) is 5.91 Å². The van der Waals surface area contributed by atoms with E-state index in [2.05, 4.69) is 25.5 Å². The normalized spacial score (nSPS) is 16.9. The summed E-state index contributed by atoms with van der Waals surface area (Å²) in [5, 5.41) is 13.4. The summed E-state index contributed by atoms with van der Waals surface area (Å²) in [5.41, 5.74) is 6.75. The molecule has 1 saturated carbocycles. The molecule has 0 unspecified atom stereocenters. The van der Waals surface area contributed by atoms with Crippen molar-refractivity contribution >= 4 is 34.6 Å². The second kappa shape index (κ2) is 12.5. The van der Waals surface area contributed by atoms with Crippen molar-refractivity contribution in [1.29, 1.82) is 0 Å². The van der Waals surface area contributed by atoms with Crippen molar-refractivity contribution in [3.8, 4) is 10.6 Å². The lowest BCUT2D eigenvalue weighted by atomic mass is 9.95. The first-order valence-corrected chi connectivity index (χ1v) is 13.8. The van der Waals surface area contributed by atoms with Gasteiger partial charge in [0.05, 0.1) is 18.8 Å². The fourth-order valence-electron chi connectivity index (χ4n) is 4.38. The van der Waals surface area contributed by atoms with Gasteiger partial charge in [-0.1, -0.05) is 4.68 Å². The van der Waals surface area contributed by atoms with Crippen molar-refractivity contribution in [1.82, 2.24) is 25.1 Å². The first kappa shape index (κ1) is 28.3. The Kier molecular flexibility index (Phi) is 8.66. The number of rotatable bonds is 9. The molecule has 1 aliphatic carbocycles. The van der Waals surface area contributed by atoms with Crippen LogP contribution in [0, 0.1) is 11.8 Å². The van der Waals surface area contributed by atoms with Gasteiger partial charge < -0.3 is 20.5 Å². The summed E-state index contributed by atoms with van der Waals surface area (Å²) in [4.78, 5) is 32.6. The zero-order valence-electron chi connectivity index (χ0n) is 22.0. The number of esters is 1. The van der Waals surface area contributed by atoms with E-state index in [1.54, 1.807) is 22.5 Å². The van der Waals surface area contributed by atoms with Gasteiger partial charge in [-0.3, -0.25) is 9.59 Å². The largest absolute Gasteiger partial charge is 0.441 e. The number of aromatic nitrogens is 4. The van der Waals surface area contributed by atoms with Crippen molar-refractivity contribution in [2.75, 3.05) is 13.2 Å². The third-order valence-electron chi connectivity index (χ3n) is 6.38. The smallest absolute Gasteiger partial charge is 0.321 e. The molecule has 5 rings (SSSR count). The number of carbonyl (C=O) groups excluding carboxylic acids is 2. The lowest BCUT2D eigenvalue weighted by Gasteiger charge is -2.20. The van der Waals surface area contributed by atoms with Crippen LogP contribution in [0.2, 0.25) is 0 Å². The number of nitrogens with one attached hydrogen (secondary N) is 1. The number of hydrazone groups is 1. The zero-order valence-corrected chi connectivity index (χ0v) is 22.9. The fraction of sp³-hybridized carbons (Fsp3) is 0.346. The van der Waals surface area contributed by atoms with Crippen LogP contribution in [-0.4, -0.2) is 67.0 Å². The maximum atomic E-state index is 14.7. The summed E-state index contributed by atoms with van der Waals surface area (Å²) in [6.45, 7) is 2.24. The highest BCUT2D eigenvalue weighted by molar-refractivity contribution is 7.13. The molecule has 1 aliphatic heterocycles. The average molecular weight is 586 g/mol. The van der Waals surface area contributed by atoms with Crippen LogP contribution in [0.4, 0.5) is 8.78 Å². The van der Waals surface area contributed by atoms with Crippen LogP contribution in [0.15, 0.2) is 46.9 Å². The monoisotopic (exact) mass is 585 g/mol. The van der Waals surface area contributed by atoms with Crippen LogP contribution in [-0.2, 0) is 21.0 Å². The van der Waals surface area contributed by atoms with Gasteiger partial charge in [0.2, 0.25) is 12.1 Å². The van der Waals surface area contributed by atoms with E-state index < -0.39 is 23.6 Å². The summed E-state index contributed by atoms with van der Waals surface area (Å²) in [5.74, 6) is -2.79. The highest BCUT2D eigenvalue weighted by Crippen LogP contribution is 2.25. The summed E-state index contributed by atoms with van der Waals surface area (Å²) in [7, 11) is 0. The number of pyridine rings is 1. The molecule has 214 valence electrons. The summed E-state index contributed by atoms with van der Waals surface area (Å²) >= 11 is 1.21. The average Bonchev–Trinajstić information content (AvgIpc) is 3.74. The number of nitrogens with zero attached hydrogens (tertiary/aromatic N) is 6. The van der Waals surface area contributed by atoms with E-state index in [1.165, 1.54) is 22.2 Å². The maximum Gasteiger partial charge on any atom is 0.321 e. The number of carbonyl (C=O) groups is 2. The molecule has 0 bridgehead atoms. The van der Waals surface area contributed by atoms with Crippen LogP contribution in [0.25, 0.3) is 10.6 Å². The summed E-state index contributed by atoms with van der Waals surface area (Å²) in [6.07, 6.45) is 7.89. The lowest BCUT2D eigenvalue weighted by molar-refractivity contribution is -0.461. The summed E-state index contributed by atoms with van der Waals surface area (Å²) < 4.78 is 42.4. The van der Waals surface area contributed by atoms with Gasteiger partial charge in [-0.15, -0.1) is 11.3 Å². The Morgan fingerprint density at radius 3 is 2.80 bits per heavy atom. The van der Waals surface area contributed by atoms with Crippen LogP contribution in [0.5, 0.6) is 0 Å². The molecule has 0 radical (unpaired) electrons. The first-order valence-electron chi connectivity index (χ1n) is 12.9. The van der Waals surface area contributed by atoms with E-state index in [9.17, 15) is 18.4 Å². The molecule has 1 fully saturated rings. The molecule has 3 aromatic rings. The minimum Gasteiger partial charge on any atom is -0.441 e. The van der Waals surface area contributed by atoms with Gasteiger partial charge in [0, 0.05) is 41.7 Å². The molecule has 0 saturated heterocycles. The number of ether oxygens (including phenoxy) is 2. The topological polar surface area (TPSA) is 150 Å². The Labute approximate surface area is 237 Å². The number of nitrogens with two attached hydrogens (primary N) is 1. The van der Waals surface area contributed by atoms with E-state index in [0.29, 0.717) is 30.0 Å². The van der Waals surface area contributed by atoms with E-state index >= 15 is 0 Å². The van der Waals surface area contributed by atoms with E-state index in [1.807, 2.05) is 6.92 Å². The fourth-order valence-corrected chi connectivity index (χ4v) is 5.16. The number of hydrogen-bond acceptors (Lipinski definition) is 10. The Morgan fingerprint density at radius 2 is 2.05 bits per heavy atom. The second-order valence-electron chi connectivity index (χ2n) is 9.13. The Bertz CT molecular complexity index is 1550. The van der Waals surface area contributed by atoms with Crippen molar-refractivity contribution in [2.24, 2.45) is 10.8 Å². The Balaban J connectivity index is 1.36. The highest BCUT2D eigenvalue weighted by Gasteiger charge is 2.33. The SMILES string of the molecule is CCOC1CCC(=[N+]2C=C(NC(=O)c3csc(-c4cnn(COC(=O)CN)c4)n3)C(c3nc(F)ccc3F)=N2)CC1. The van der Waals surface area contributed by atoms with Crippen LogP contribution in [0.3, 0.4) is 0 Å². The summed E-state index contributed by atoms with van der Waals surface area (Å²) in [6, 6.07) is 1.88. The van der Waals surface area contributed by atoms with Crippen molar-refractivity contribution in [3.05, 3.63) is 65.0 Å². The molecule has 2 aliphatic rings. The van der Waals surface area contributed by atoms with E-state index in [0.717, 1.165) is 30.7 Å². The Morgan fingerprint density at radius 1 is 1.24 bits per heavy atom. The molecule has 0 spiro atoms. The maximum absolute atomic E-state index is 14.7. The minimum absolute atomic E-state index is 0.00135. The number of allylic oxidation sites excluding steroid dienone is 1. The van der Waals surface area contributed by atoms with Crippen LogP contribution < -0.4 is 11.1 Å². The molecular weight excluding hydrogens is 558 g/mol. The lowest BCUT2D eigenvalue weighted by Crippen LogP contribution is -2.28. The predicted octanol–water partition coefficient (Wildman–Crippen LogP) is 2.56. The van der Waals surface area contributed by atoms with Crippen molar-refractivity contribution in [3.63, 3.8) is 0 Å². The van der Waals surface area contributed by atoms with Gasteiger partial charge in [-0.05, 0) is 31.9 Å². The standard InChI is InChI=1S/C26H26F2N8O4S/c1-2-39-17-5-3-16(4-6-17)36-12-19(24(34-36)23-18(27)7-8-21(28)33-23)31-25(38)20-13-41-26(32-20)15-10-30-35(11-15)14-40-22(37)9-29/h7-8,10-13,17H,2-6,9,14,29H2,1H3/p+1. The van der Waals surface area contributed by atoms with Gasteiger partial charge in [-0.25, -0.2) is 19.0 Å². The van der Waals surface area contributed by atoms with Crippen molar-refractivity contribution in [2.45, 2.75) is 45.4 Å². The highest BCUT2D eigenvalue weighted by atomic mass is 32.1. The zero-order chi connectivity index (χ0) is 28.9. The first-order chi connectivity index (χ1) is 19.8. The molecule has 15 heteroatoms. The number of hydrogen-bond donors (Lipinski definition) is 2. The predicted molar refractivity (Wildman–Crippen MR) is 144 cm³/mol. The molecule has 12 nitrogen and oxygen atoms in total. The molecule has 1 amide bonds. The third kappa shape index (κ3) is 6.58. The Hall–Kier alpha value is -4.21. The third-order valence-corrected chi connectivity index (χ3v) is 7.27. The van der Waals surface area contributed by atoms with E-state index in [-0.39, 0.29) is 42.2 Å². The van der Waals surface area contributed by atoms with E-state index in [4.69, 9.17) is 15.2 Å². The van der Waals surface area contributed by atoms with Crippen molar-refractivity contribution < 1.29 is 32.5 Å². The number of amides is 1. The van der Waals surface area contributed by atoms with Crippen LogP contribution >= 0.6 is 11.3 Å².